The summed E-state index contributed by atoms with van der Waals surface area (Å²) in [5.74, 6) is -0.476. The van der Waals surface area contributed by atoms with Gasteiger partial charge in [0, 0.05) is 0 Å². The molecule has 1 aliphatic carbocycles. The van der Waals surface area contributed by atoms with Gasteiger partial charge in [0.25, 0.3) is 0 Å². The van der Waals surface area contributed by atoms with Crippen LogP contribution in [-0.4, -0.2) is 13.8 Å². The van der Waals surface area contributed by atoms with E-state index >= 15 is 0 Å². The van der Waals surface area contributed by atoms with Crippen molar-refractivity contribution < 1.29 is 12.8 Å². The van der Waals surface area contributed by atoms with E-state index in [1.165, 1.54) is 12.1 Å². The lowest BCUT2D eigenvalue weighted by molar-refractivity contribution is 0.556. The molecule has 3 nitrogen and oxygen atoms in total. The Morgan fingerprint density at radius 3 is 2.48 bits per heavy atom. The van der Waals surface area contributed by atoms with E-state index in [0.717, 1.165) is 23.3 Å². The molecule has 21 heavy (non-hydrogen) atoms. The van der Waals surface area contributed by atoms with Gasteiger partial charge in [0.2, 0.25) is 10.0 Å². The highest BCUT2D eigenvalue weighted by Crippen LogP contribution is 2.35. The van der Waals surface area contributed by atoms with E-state index < -0.39 is 21.9 Å². The SMILES string of the molecule is O=S(=O)(NC1c2ccccc2CC1Cl)c1ccc(F)cc1. The van der Waals surface area contributed by atoms with Gasteiger partial charge in [-0.25, -0.2) is 17.5 Å². The fraction of sp³-hybridized carbons (Fsp3) is 0.200. The monoisotopic (exact) mass is 325 g/mol. The number of alkyl halides is 1. The molecule has 6 heteroatoms. The lowest BCUT2D eigenvalue weighted by Gasteiger charge is -2.17. The maximum absolute atomic E-state index is 12.9. The Bertz CT molecular complexity index is 761. The summed E-state index contributed by atoms with van der Waals surface area (Å²) in [6.45, 7) is 0. The van der Waals surface area contributed by atoms with Gasteiger partial charge in [0.1, 0.15) is 5.82 Å². The molecule has 3 rings (SSSR count). The van der Waals surface area contributed by atoms with Gasteiger partial charge in [-0.1, -0.05) is 24.3 Å². The van der Waals surface area contributed by atoms with Crippen LogP contribution in [0.4, 0.5) is 4.39 Å². The van der Waals surface area contributed by atoms with Crippen LogP contribution >= 0.6 is 11.6 Å². The number of benzene rings is 2. The summed E-state index contributed by atoms with van der Waals surface area (Å²) in [5.41, 5.74) is 1.94. The van der Waals surface area contributed by atoms with Crippen molar-refractivity contribution >= 4 is 21.6 Å². The number of hydrogen-bond donors (Lipinski definition) is 1. The van der Waals surface area contributed by atoms with Crippen LogP contribution in [0.5, 0.6) is 0 Å². The van der Waals surface area contributed by atoms with E-state index in [-0.39, 0.29) is 10.3 Å². The maximum atomic E-state index is 12.9. The summed E-state index contributed by atoms with van der Waals surface area (Å²) >= 11 is 6.28. The number of nitrogens with one attached hydrogen (secondary N) is 1. The molecule has 0 heterocycles. The summed E-state index contributed by atoms with van der Waals surface area (Å²) in [6.07, 6.45) is 0.619. The van der Waals surface area contributed by atoms with E-state index in [4.69, 9.17) is 11.6 Å². The van der Waals surface area contributed by atoms with Crippen LogP contribution < -0.4 is 4.72 Å². The van der Waals surface area contributed by atoms with Crippen LogP contribution in [0.25, 0.3) is 0 Å². The zero-order chi connectivity index (χ0) is 15.0. The highest BCUT2D eigenvalue weighted by atomic mass is 35.5. The Balaban J connectivity index is 1.91. The van der Waals surface area contributed by atoms with Crippen molar-refractivity contribution in [2.45, 2.75) is 22.7 Å². The first-order valence-electron chi connectivity index (χ1n) is 6.47. The minimum absolute atomic E-state index is 0.0251. The van der Waals surface area contributed by atoms with Gasteiger partial charge in [-0.15, -0.1) is 11.6 Å². The molecular formula is C15H13ClFNO2S. The molecule has 2 aromatic carbocycles. The largest absolute Gasteiger partial charge is 0.241 e. The van der Waals surface area contributed by atoms with Crippen LogP contribution in [0, 0.1) is 5.82 Å². The molecule has 2 unspecified atom stereocenters. The van der Waals surface area contributed by atoms with E-state index in [9.17, 15) is 12.8 Å². The zero-order valence-electron chi connectivity index (χ0n) is 11.0. The van der Waals surface area contributed by atoms with Crippen LogP contribution in [0.3, 0.4) is 0 Å². The van der Waals surface area contributed by atoms with Gasteiger partial charge in [-0.3, -0.25) is 0 Å². The molecule has 2 atom stereocenters. The van der Waals surface area contributed by atoms with Crippen molar-refractivity contribution in [3.05, 3.63) is 65.5 Å². The maximum Gasteiger partial charge on any atom is 0.241 e. The standard InChI is InChI=1S/C15H13ClFNO2S/c16-14-9-10-3-1-2-4-13(10)15(14)18-21(19,20)12-7-5-11(17)6-8-12/h1-8,14-15,18H,9H2. The summed E-state index contributed by atoms with van der Waals surface area (Å²) in [4.78, 5) is 0.0251. The molecule has 1 N–H and O–H groups in total. The minimum Gasteiger partial charge on any atom is -0.207 e. The van der Waals surface area contributed by atoms with Crippen LogP contribution in [-0.2, 0) is 16.4 Å². The Labute approximate surface area is 127 Å². The molecular weight excluding hydrogens is 313 g/mol. The second-order valence-corrected chi connectivity index (χ2v) is 7.25. The molecule has 2 aromatic rings. The molecule has 0 amide bonds. The third-order valence-corrected chi connectivity index (χ3v) is 5.44. The van der Waals surface area contributed by atoms with Crippen molar-refractivity contribution in [2.24, 2.45) is 0 Å². The summed E-state index contributed by atoms with van der Waals surface area (Å²) < 4.78 is 40.2. The molecule has 0 bridgehead atoms. The van der Waals surface area contributed by atoms with E-state index in [2.05, 4.69) is 4.72 Å². The Morgan fingerprint density at radius 2 is 1.76 bits per heavy atom. The summed E-state index contributed by atoms with van der Waals surface area (Å²) in [6, 6.07) is 11.8. The Hall–Kier alpha value is -1.43. The predicted octanol–water partition coefficient (Wildman–Crippen LogP) is 3.01. The van der Waals surface area contributed by atoms with E-state index in [1.807, 2.05) is 24.3 Å². The molecule has 0 spiro atoms. The average molecular weight is 326 g/mol. The molecule has 1 aliphatic rings. The third-order valence-electron chi connectivity index (χ3n) is 3.57. The second-order valence-electron chi connectivity index (χ2n) is 4.97. The quantitative estimate of drug-likeness (QED) is 0.882. The van der Waals surface area contributed by atoms with Gasteiger partial charge in [0.15, 0.2) is 0 Å². The molecule has 0 aromatic heterocycles. The molecule has 0 fully saturated rings. The molecule has 0 saturated heterocycles. The highest BCUT2D eigenvalue weighted by Gasteiger charge is 2.34. The summed E-state index contributed by atoms with van der Waals surface area (Å²) in [7, 11) is -3.74. The van der Waals surface area contributed by atoms with Crippen molar-refractivity contribution in [1.82, 2.24) is 4.72 Å². The summed E-state index contributed by atoms with van der Waals surface area (Å²) in [5, 5.41) is -0.336. The van der Waals surface area contributed by atoms with Gasteiger partial charge in [-0.2, -0.15) is 0 Å². The van der Waals surface area contributed by atoms with E-state index in [0.29, 0.717) is 6.42 Å². The molecule has 0 aliphatic heterocycles. The van der Waals surface area contributed by atoms with Gasteiger partial charge < -0.3 is 0 Å². The van der Waals surface area contributed by atoms with Gasteiger partial charge in [0.05, 0.1) is 16.3 Å². The van der Waals surface area contributed by atoms with Crippen LogP contribution in [0.2, 0.25) is 0 Å². The minimum atomic E-state index is -3.74. The predicted molar refractivity (Wildman–Crippen MR) is 79.2 cm³/mol. The zero-order valence-corrected chi connectivity index (χ0v) is 12.5. The van der Waals surface area contributed by atoms with Crippen molar-refractivity contribution in [3.63, 3.8) is 0 Å². The van der Waals surface area contributed by atoms with Crippen molar-refractivity contribution in [2.75, 3.05) is 0 Å². The van der Waals surface area contributed by atoms with Crippen molar-refractivity contribution in [1.29, 1.82) is 0 Å². The first-order chi connectivity index (χ1) is 9.97. The number of sulfonamides is 1. The average Bonchev–Trinajstić information content (AvgIpc) is 2.75. The topological polar surface area (TPSA) is 46.2 Å². The molecule has 0 saturated carbocycles. The highest BCUT2D eigenvalue weighted by molar-refractivity contribution is 7.89. The lowest BCUT2D eigenvalue weighted by Crippen LogP contribution is -2.31. The molecule has 0 radical (unpaired) electrons. The van der Waals surface area contributed by atoms with Crippen molar-refractivity contribution in [3.8, 4) is 0 Å². The molecule has 110 valence electrons. The van der Waals surface area contributed by atoms with E-state index in [1.54, 1.807) is 0 Å². The fourth-order valence-corrected chi connectivity index (χ4v) is 4.23. The smallest absolute Gasteiger partial charge is 0.207 e. The Kier molecular flexibility index (Phi) is 3.73. The lowest BCUT2D eigenvalue weighted by atomic mass is 10.1. The number of fused-ring (bicyclic) bond motifs is 1. The third kappa shape index (κ3) is 2.81. The Morgan fingerprint density at radius 1 is 1.10 bits per heavy atom. The van der Waals surface area contributed by atoms with Crippen LogP contribution in [0.15, 0.2) is 53.4 Å². The normalized spacial score (nSPS) is 21.2. The number of rotatable bonds is 3. The van der Waals surface area contributed by atoms with Gasteiger partial charge in [-0.05, 0) is 41.8 Å². The number of hydrogen-bond acceptors (Lipinski definition) is 2. The van der Waals surface area contributed by atoms with Crippen LogP contribution in [0.1, 0.15) is 17.2 Å². The van der Waals surface area contributed by atoms with Gasteiger partial charge >= 0.3 is 0 Å². The number of halogens is 2. The first kappa shape index (κ1) is 14.5. The second kappa shape index (κ2) is 5.40. The fourth-order valence-electron chi connectivity index (χ4n) is 2.53. The first-order valence-corrected chi connectivity index (χ1v) is 8.39.